The first kappa shape index (κ1) is 21.8. The molecule has 0 radical (unpaired) electrons. The Bertz CT molecular complexity index is 873. The minimum Gasteiger partial charge on any atom is -0.504 e. The predicted molar refractivity (Wildman–Crippen MR) is 108 cm³/mol. The van der Waals surface area contributed by atoms with E-state index in [4.69, 9.17) is 4.74 Å². The fourth-order valence-electron chi connectivity index (χ4n) is 2.14. The number of alkyl halides is 3. The number of phenolic OH excluding ortho intramolecular Hbond substituents is 1. The van der Waals surface area contributed by atoms with Gasteiger partial charge in [-0.2, -0.15) is 18.3 Å². The Labute approximate surface area is 172 Å². The maximum Gasteiger partial charge on any atom is 0.416 e. The fraction of sp³-hybridized carbons (Fsp3) is 0.222. The highest BCUT2D eigenvalue weighted by Gasteiger charge is 2.30. The molecule has 2 aromatic carbocycles. The van der Waals surface area contributed by atoms with E-state index in [1.165, 1.54) is 18.3 Å². The second-order valence-electron chi connectivity index (χ2n) is 5.51. The van der Waals surface area contributed by atoms with Gasteiger partial charge >= 0.3 is 6.18 Å². The van der Waals surface area contributed by atoms with Gasteiger partial charge in [0, 0.05) is 5.69 Å². The molecule has 0 atom stereocenters. The number of hydrogen-bond acceptors (Lipinski definition) is 5. The number of rotatable bonds is 7. The number of carbonyl (C=O) groups excluding carboxylic acids is 1. The Morgan fingerprint density at radius 2 is 2.07 bits per heavy atom. The standard InChI is InChI=1S/C18H17F3IN3O3/c1-2-28-15-7-11(6-14(22)17(15)27)9-24-25-16(26)10-23-13-5-3-4-12(8-13)18(19,20)21/h3-9,23,27H,2,10H2,1H3,(H,25,26)/b24-9-. The molecule has 10 heteroatoms. The van der Waals surface area contributed by atoms with Crippen LogP contribution in [-0.2, 0) is 11.0 Å². The first-order valence-electron chi connectivity index (χ1n) is 8.09. The minimum atomic E-state index is -4.45. The van der Waals surface area contributed by atoms with Crippen LogP contribution >= 0.6 is 22.6 Å². The summed E-state index contributed by atoms with van der Waals surface area (Å²) in [5, 5.41) is 16.3. The maximum absolute atomic E-state index is 12.7. The van der Waals surface area contributed by atoms with Gasteiger partial charge in [0.2, 0.25) is 0 Å². The lowest BCUT2D eigenvalue weighted by Crippen LogP contribution is -2.26. The lowest BCUT2D eigenvalue weighted by Gasteiger charge is -2.10. The number of hydrazone groups is 1. The largest absolute Gasteiger partial charge is 0.504 e. The van der Waals surface area contributed by atoms with Crippen LogP contribution < -0.4 is 15.5 Å². The van der Waals surface area contributed by atoms with E-state index in [1.807, 2.05) is 22.6 Å². The third-order valence-electron chi connectivity index (χ3n) is 3.40. The second kappa shape index (κ2) is 9.62. The number of carbonyl (C=O) groups is 1. The highest BCUT2D eigenvalue weighted by atomic mass is 127. The summed E-state index contributed by atoms with van der Waals surface area (Å²) in [4.78, 5) is 11.8. The number of nitrogens with one attached hydrogen (secondary N) is 2. The molecule has 0 aliphatic rings. The summed E-state index contributed by atoms with van der Waals surface area (Å²) >= 11 is 1.94. The molecule has 0 saturated heterocycles. The Balaban J connectivity index is 1.92. The molecule has 28 heavy (non-hydrogen) atoms. The molecular weight excluding hydrogens is 490 g/mol. The van der Waals surface area contributed by atoms with Gasteiger partial charge in [0.25, 0.3) is 5.91 Å². The highest BCUT2D eigenvalue weighted by molar-refractivity contribution is 14.1. The maximum atomic E-state index is 12.7. The molecule has 0 spiro atoms. The van der Waals surface area contributed by atoms with Crippen molar-refractivity contribution >= 4 is 40.4 Å². The van der Waals surface area contributed by atoms with E-state index in [0.29, 0.717) is 21.5 Å². The molecule has 0 heterocycles. The second-order valence-corrected chi connectivity index (χ2v) is 6.67. The number of aromatic hydroxyl groups is 1. The van der Waals surface area contributed by atoms with E-state index in [1.54, 1.807) is 19.1 Å². The number of nitrogens with zero attached hydrogens (tertiary/aromatic N) is 1. The molecule has 0 aliphatic heterocycles. The van der Waals surface area contributed by atoms with Crippen molar-refractivity contribution < 1.29 is 27.8 Å². The topological polar surface area (TPSA) is 83.0 Å². The summed E-state index contributed by atoms with van der Waals surface area (Å²) in [6, 6.07) is 7.77. The smallest absolute Gasteiger partial charge is 0.416 e. The summed E-state index contributed by atoms with van der Waals surface area (Å²) < 4.78 is 43.9. The molecule has 0 aliphatic carbocycles. The van der Waals surface area contributed by atoms with Gasteiger partial charge in [-0.25, -0.2) is 5.43 Å². The van der Waals surface area contributed by atoms with E-state index < -0.39 is 17.6 Å². The zero-order valence-electron chi connectivity index (χ0n) is 14.7. The zero-order valence-corrected chi connectivity index (χ0v) is 16.8. The van der Waals surface area contributed by atoms with Gasteiger partial charge in [-0.05, 0) is 65.4 Å². The first-order valence-corrected chi connectivity index (χ1v) is 9.17. The monoisotopic (exact) mass is 507 g/mol. The van der Waals surface area contributed by atoms with E-state index >= 15 is 0 Å². The van der Waals surface area contributed by atoms with Crippen LogP contribution in [0, 0.1) is 3.57 Å². The summed E-state index contributed by atoms with van der Waals surface area (Å²) in [5.41, 5.74) is 2.23. The predicted octanol–water partition coefficient (Wildman–Crippen LogP) is 3.98. The number of benzene rings is 2. The van der Waals surface area contributed by atoms with Gasteiger partial charge in [0.05, 0.1) is 28.5 Å². The third kappa shape index (κ3) is 6.29. The van der Waals surface area contributed by atoms with E-state index in [9.17, 15) is 23.1 Å². The molecule has 150 valence electrons. The first-order chi connectivity index (χ1) is 13.2. The number of halogens is 4. The van der Waals surface area contributed by atoms with Crippen LogP contribution in [0.5, 0.6) is 11.5 Å². The van der Waals surface area contributed by atoms with E-state index in [0.717, 1.165) is 12.1 Å². The van der Waals surface area contributed by atoms with Crippen molar-refractivity contribution in [3.05, 3.63) is 51.1 Å². The molecule has 2 rings (SSSR count). The van der Waals surface area contributed by atoms with Gasteiger partial charge in [-0.15, -0.1) is 0 Å². The van der Waals surface area contributed by atoms with Crippen molar-refractivity contribution in [1.82, 2.24) is 5.43 Å². The van der Waals surface area contributed by atoms with Crippen LogP contribution in [0.3, 0.4) is 0 Å². The number of phenols is 1. The molecule has 0 aromatic heterocycles. The van der Waals surface area contributed by atoms with E-state index in [2.05, 4.69) is 15.8 Å². The fourth-order valence-corrected chi connectivity index (χ4v) is 2.77. The van der Waals surface area contributed by atoms with Crippen LogP contribution in [-0.4, -0.2) is 30.4 Å². The SMILES string of the molecule is CCOc1cc(/C=N\NC(=O)CNc2cccc(C(F)(F)F)c2)cc(I)c1O. The Hall–Kier alpha value is -2.50. The molecule has 0 unspecified atom stereocenters. The van der Waals surface area contributed by atoms with Crippen molar-refractivity contribution in [3.8, 4) is 11.5 Å². The van der Waals surface area contributed by atoms with Crippen molar-refractivity contribution in [2.24, 2.45) is 5.10 Å². The van der Waals surface area contributed by atoms with Gasteiger partial charge in [0.1, 0.15) is 0 Å². The lowest BCUT2D eigenvalue weighted by atomic mass is 10.2. The highest BCUT2D eigenvalue weighted by Crippen LogP contribution is 2.32. The number of amides is 1. The molecule has 0 bridgehead atoms. The third-order valence-corrected chi connectivity index (χ3v) is 4.22. The Morgan fingerprint density at radius 3 is 2.75 bits per heavy atom. The van der Waals surface area contributed by atoms with Crippen LogP contribution in [0.4, 0.5) is 18.9 Å². The van der Waals surface area contributed by atoms with Gasteiger partial charge in [-0.3, -0.25) is 4.79 Å². The Kier molecular flexibility index (Phi) is 7.49. The van der Waals surface area contributed by atoms with Crippen LogP contribution in [0.15, 0.2) is 41.5 Å². The molecule has 6 nitrogen and oxygen atoms in total. The van der Waals surface area contributed by atoms with Crippen molar-refractivity contribution in [3.63, 3.8) is 0 Å². The van der Waals surface area contributed by atoms with Gasteiger partial charge in [-0.1, -0.05) is 6.07 Å². The van der Waals surface area contributed by atoms with E-state index in [-0.39, 0.29) is 18.0 Å². The number of anilines is 1. The minimum absolute atomic E-state index is 0.0222. The normalized spacial score (nSPS) is 11.5. The molecule has 3 N–H and O–H groups in total. The number of hydrogen-bond donors (Lipinski definition) is 3. The van der Waals surface area contributed by atoms with Gasteiger partial charge < -0.3 is 15.2 Å². The van der Waals surface area contributed by atoms with Gasteiger partial charge in [0.15, 0.2) is 11.5 Å². The molecule has 2 aromatic rings. The summed E-state index contributed by atoms with van der Waals surface area (Å²) in [6.07, 6.45) is -3.08. The Morgan fingerprint density at radius 1 is 1.32 bits per heavy atom. The average molecular weight is 507 g/mol. The molecule has 1 amide bonds. The van der Waals surface area contributed by atoms with Crippen LogP contribution in [0.25, 0.3) is 0 Å². The van der Waals surface area contributed by atoms with Crippen molar-refractivity contribution in [2.75, 3.05) is 18.5 Å². The van der Waals surface area contributed by atoms with Crippen molar-refractivity contribution in [1.29, 1.82) is 0 Å². The lowest BCUT2D eigenvalue weighted by molar-refractivity contribution is -0.137. The zero-order chi connectivity index (χ0) is 20.7. The molecule has 0 saturated carbocycles. The van der Waals surface area contributed by atoms with Crippen molar-refractivity contribution in [2.45, 2.75) is 13.1 Å². The van der Waals surface area contributed by atoms with Crippen LogP contribution in [0.1, 0.15) is 18.1 Å². The summed E-state index contributed by atoms with van der Waals surface area (Å²) in [7, 11) is 0. The van der Waals surface area contributed by atoms with Crippen LogP contribution in [0.2, 0.25) is 0 Å². The molecule has 0 fully saturated rings. The summed E-state index contributed by atoms with van der Waals surface area (Å²) in [5.74, 6) is -0.213. The average Bonchev–Trinajstić information content (AvgIpc) is 2.64. The summed E-state index contributed by atoms with van der Waals surface area (Å²) in [6.45, 7) is 1.91. The quantitative estimate of drug-likeness (QED) is 0.301. The molecular formula is C18H17F3IN3O3. The number of ether oxygens (including phenoxy) is 1.